The van der Waals surface area contributed by atoms with E-state index in [1.807, 2.05) is 42.5 Å². The van der Waals surface area contributed by atoms with Crippen LogP contribution in [0.25, 0.3) is 10.8 Å². The number of carbonyl (C=O) groups is 2. The summed E-state index contributed by atoms with van der Waals surface area (Å²) in [7, 11) is 0. The van der Waals surface area contributed by atoms with Crippen molar-refractivity contribution in [2.45, 2.75) is 6.61 Å². The molecule has 0 aliphatic carbocycles. The summed E-state index contributed by atoms with van der Waals surface area (Å²) in [4.78, 5) is 23.7. The van der Waals surface area contributed by atoms with Gasteiger partial charge in [0.2, 0.25) is 0 Å². The Morgan fingerprint density at radius 1 is 0.773 bits per heavy atom. The molecule has 0 aromatic heterocycles. The van der Waals surface area contributed by atoms with E-state index < -0.39 is 11.8 Å². The Bertz CT molecular complexity index is 822. The van der Waals surface area contributed by atoms with Crippen molar-refractivity contribution in [1.29, 1.82) is 0 Å². The normalized spacial score (nSPS) is 10.4. The van der Waals surface area contributed by atoms with Gasteiger partial charge in [-0.25, -0.2) is 4.79 Å². The zero-order valence-corrected chi connectivity index (χ0v) is 11.9. The summed E-state index contributed by atoms with van der Waals surface area (Å²) < 4.78 is 5.10. The molecule has 3 heteroatoms. The van der Waals surface area contributed by atoms with Crippen molar-refractivity contribution in [3.05, 3.63) is 83.9 Å². The quantitative estimate of drug-likeness (QED) is 0.417. The number of rotatable bonds is 4. The highest BCUT2D eigenvalue weighted by atomic mass is 16.5. The number of benzene rings is 3. The maximum absolute atomic E-state index is 11.9. The molecule has 3 aromatic carbocycles. The van der Waals surface area contributed by atoms with Gasteiger partial charge in [0.1, 0.15) is 6.61 Å². The van der Waals surface area contributed by atoms with Gasteiger partial charge >= 0.3 is 5.97 Å². The molecule has 3 rings (SSSR count). The van der Waals surface area contributed by atoms with E-state index in [0.717, 1.165) is 16.3 Å². The van der Waals surface area contributed by atoms with Crippen molar-refractivity contribution >= 4 is 22.5 Å². The molecule has 0 N–H and O–H groups in total. The molecule has 0 atom stereocenters. The third kappa shape index (κ3) is 3.04. The minimum absolute atomic E-state index is 0.0856. The van der Waals surface area contributed by atoms with Crippen LogP contribution in [0.4, 0.5) is 0 Å². The zero-order chi connectivity index (χ0) is 15.4. The summed E-state index contributed by atoms with van der Waals surface area (Å²) in [6.45, 7) is 0.0856. The fourth-order valence-corrected chi connectivity index (χ4v) is 2.25. The van der Waals surface area contributed by atoms with Gasteiger partial charge in [-0.3, -0.25) is 4.79 Å². The van der Waals surface area contributed by atoms with Crippen molar-refractivity contribution in [2.75, 3.05) is 0 Å². The van der Waals surface area contributed by atoms with Crippen molar-refractivity contribution in [3.8, 4) is 0 Å². The van der Waals surface area contributed by atoms with E-state index in [9.17, 15) is 9.59 Å². The lowest BCUT2D eigenvalue weighted by Crippen LogP contribution is -2.17. The van der Waals surface area contributed by atoms with Crippen LogP contribution in [0.1, 0.15) is 15.9 Å². The second kappa shape index (κ2) is 6.22. The molecule has 0 heterocycles. The molecule has 0 aliphatic heterocycles. The number of fused-ring (bicyclic) bond motifs is 1. The fourth-order valence-electron chi connectivity index (χ4n) is 2.25. The molecular formula is C19H14O3. The fraction of sp³-hybridized carbons (Fsp3) is 0.0526. The average Bonchev–Trinajstić information content (AvgIpc) is 2.59. The lowest BCUT2D eigenvalue weighted by atomic mass is 10.1. The largest absolute Gasteiger partial charge is 0.455 e. The van der Waals surface area contributed by atoms with E-state index in [0.29, 0.717) is 5.56 Å². The van der Waals surface area contributed by atoms with Crippen molar-refractivity contribution < 1.29 is 14.3 Å². The molecule has 22 heavy (non-hydrogen) atoms. The van der Waals surface area contributed by atoms with Crippen molar-refractivity contribution in [1.82, 2.24) is 0 Å². The Morgan fingerprint density at radius 3 is 2.23 bits per heavy atom. The van der Waals surface area contributed by atoms with E-state index in [1.165, 1.54) is 0 Å². The summed E-state index contributed by atoms with van der Waals surface area (Å²) in [6, 6.07) is 22.2. The van der Waals surface area contributed by atoms with Crippen LogP contribution in [0.15, 0.2) is 72.8 Å². The van der Waals surface area contributed by atoms with E-state index in [2.05, 4.69) is 0 Å². The van der Waals surface area contributed by atoms with E-state index >= 15 is 0 Å². The molecular weight excluding hydrogens is 276 g/mol. The minimum atomic E-state index is -0.834. The summed E-state index contributed by atoms with van der Waals surface area (Å²) in [5, 5.41) is 2.20. The maximum Gasteiger partial charge on any atom is 0.380 e. The van der Waals surface area contributed by atoms with Crippen LogP contribution in [-0.2, 0) is 16.1 Å². The van der Waals surface area contributed by atoms with E-state index in [1.54, 1.807) is 30.3 Å². The van der Waals surface area contributed by atoms with Crippen molar-refractivity contribution in [2.24, 2.45) is 0 Å². The molecule has 0 bridgehead atoms. The third-order valence-corrected chi connectivity index (χ3v) is 3.41. The van der Waals surface area contributed by atoms with Gasteiger partial charge in [0.25, 0.3) is 5.78 Å². The topological polar surface area (TPSA) is 43.4 Å². The van der Waals surface area contributed by atoms with Crippen LogP contribution in [0.2, 0.25) is 0 Å². The van der Waals surface area contributed by atoms with Crippen LogP contribution in [-0.4, -0.2) is 11.8 Å². The zero-order valence-electron chi connectivity index (χ0n) is 11.9. The number of hydrogen-bond donors (Lipinski definition) is 0. The van der Waals surface area contributed by atoms with Crippen LogP contribution >= 0.6 is 0 Å². The van der Waals surface area contributed by atoms with Gasteiger partial charge in [0.15, 0.2) is 0 Å². The van der Waals surface area contributed by atoms with Crippen LogP contribution < -0.4 is 0 Å². The highest BCUT2D eigenvalue weighted by Gasteiger charge is 2.17. The monoisotopic (exact) mass is 290 g/mol. The van der Waals surface area contributed by atoms with Gasteiger partial charge in [-0.15, -0.1) is 0 Å². The second-order valence-corrected chi connectivity index (χ2v) is 4.95. The van der Waals surface area contributed by atoms with Gasteiger partial charge in [-0.2, -0.15) is 0 Å². The minimum Gasteiger partial charge on any atom is -0.455 e. The summed E-state index contributed by atoms with van der Waals surface area (Å²) >= 11 is 0. The lowest BCUT2D eigenvalue weighted by Gasteiger charge is -2.06. The van der Waals surface area contributed by atoms with Crippen LogP contribution in [0, 0.1) is 0 Å². The third-order valence-electron chi connectivity index (χ3n) is 3.41. The first kappa shape index (κ1) is 14.0. The molecule has 0 fully saturated rings. The molecule has 0 radical (unpaired) electrons. The lowest BCUT2D eigenvalue weighted by molar-refractivity contribution is -0.139. The van der Waals surface area contributed by atoms with Crippen molar-refractivity contribution in [3.63, 3.8) is 0 Å². The number of esters is 1. The van der Waals surface area contributed by atoms with Gasteiger partial charge in [-0.05, 0) is 22.4 Å². The Balaban J connectivity index is 1.68. The Kier molecular flexibility index (Phi) is 3.97. The highest BCUT2D eigenvalue weighted by molar-refractivity contribution is 6.40. The predicted molar refractivity (Wildman–Crippen MR) is 84.5 cm³/mol. The number of ether oxygens (including phenoxy) is 1. The van der Waals surface area contributed by atoms with Gasteiger partial charge in [0, 0.05) is 5.56 Å². The van der Waals surface area contributed by atoms with E-state index in [-0.39, 0.29) is 6.61 Å². The molecule has 108 valence electrons. The number of Topliss-reactive ketones (excluding diaryl/α,β-unsaturated/α-hetero) is 1. The Morgan fingerprint density at radius 2 is 1.45 bits per heavy atom. The molecule has 0 spiro atoms. The molecule has 0 saturated heterocycles. The summed E-state index contributed by atoms with van der Waals surface area (Å²) in [5.41, 5.74) is 1.19. The summed E-state index contributed by atoms with van der Waals surface area (Å²) in [6.07, 6.45) is 0. The number of hydrogen-bond acceptors (Lipinski definition) is 3. The molecule has 0 saturated carbocycles. The predicted octanol–water partition coefficient (Wildman–Crippen LogP) is 3.77. The number of ketones is 1. The highest BCUT2D eigenvalue weighted by Crippen LogP contribution is 2.16. The first-order chi connectivity index (χ1) is 10.7. The first-order valence-electron chi connectivity index (χ1n) is 6.98. The molecule has 0 unspecified atom stereocenters. The van der Waals surface area contributed by atoms with E-state index in [4.69, 9.17) is 4.74 Å². The van der Waals surface area contributed by atoms with Gasteiger partial charge in [0.05, 0.1) is 0 Å². The molecule has 0 aliphatic rings. The maximum atomic E-state index is 11.9. The molecule has 0 amide bonds. The second-order valence-electron chi connectivity index (χ2n) is 4.95. The Hall–Kier alpha value is -2.94. The van der Waals surface area contributed by atoms with Crippen LogP contribution in [0.3, 0.4) is 0 Å². The standard InChI is InChI=1S/C19H14O3/c20-18(16-7-2-1-3-8-16)19(21)22-13-14-10-11-15-6-4-5-9-17(15)12-14/h1-12H,13H2. The smallest absolute Gasteiger partial charge is 0.380 e. The Labute approximate surface area is 128 Å². The van der Waals surface area contributed by atoms with Gasteiger partial charge < -0.3 is 4.74 Å². The van der Waals surface area contributed by atoms with Gasteiger partial charge in [-0.1, -0.05) is 66.7 Å². The summed E-state index contributed by atoms with van der Waals surface area (Å²) in [5.74, 6) is -1.46. The molecule has 3 aromatic rings. The SMILES string of the molecule is O=C(OCc1ccc2ccccc2c1)C(=O)c1ccccc1. The first-order valence-corrected chi connectivity index (χ1v) is 6.98. The average molecular weight is 290 g/mol. The van der Waals surface area contributed by atoms with Crippen LogP contribution in [0.5, 0.6) is 0 Å². The number of carbonyl (C=O) groups excluding carboxylic acids is 2. The molecule has 3 nitrogen and oxygen atoms in total.